The molecular weight excluding hydrogens is 258 g/mol. The number of hydrogen-bond acceptors (Lipinski definition) is 5. The Kier molecular flexibility index (Phi) is 3.24. The summed E-state index contributed by atoms with van der Waals surface area (Å²) in [5.41, 5.74) is 1.41. The van der Waals surface area contributed by atoms with E-state index in [-0.39, 0.29) is 5.91 Å². The molecular formula is C13H15N5O2. The smallest absolute Gasteiger partial charge is 0.257 e. The number of para-hydroxylation sites is 1. The second-order valence-electron chi connectivity index (χ2n) is 4.55. The molecule has 0 unspecified atom stereocenters. The number of carbonyl (C=O) groups is 1. The largest absolute Gasteiger partial charge is 0.489 e. The molecule has 0 radical (unpaired) electrons. The molecule has 0 saturated heterocycles. The first-order valence-corrected chi connectivity index (χ1v) is 6.35. The van der Waals surface area contributed by atoms with Crippen molar-refractivity contribution >= 4 is 11.6 Å². The van der Waals surface area contributed by atoms with E-state index in [1.807, 2.05) is 12.1 Å². The van der Waals surface area contributed by atoms with Gasteiger partial charge in [0.1, 0.15) is 18.8 Å². The van der Waals surface area contributed by atoms with Crippen LogP contribution in [0.15, 0.2) is 24.5 Å². The Morgan fingerprint density at radius 1 is 1.50 bits per heavy atom. The molecule has 1 aliphatic rings. The Balaban J connectivity index is 1.83. The number of fused-ring (bicyclic) bond motifs is 1. The minimum absolute atomic E-state index is 0.109. The van der Waals surface area contributed by atoms with Gasteiger partial charge in [-0.25, -0.2) is 4.98 Å². The highest BCUT2D eigenvalue weighted by Crippen LogP contribution is 2.31. The van der Waals surface area contributed by atoms with E-state index in [9.17, 15) is 4.79 Å². The Hall–Kier alpha value is -2.57. The lowest BCUT2D eigenvalue weighted by Crippen LogP contribution is -2.28. The van der Waals surface area contributed by atoms with Crippen LogP contribution in [0.2, 0.25) is 0 Å². The van der Waals surface area contributed by atoms with Crippen LogP contribution in [0.4, 0.5) is 5.69 Å². The van der Waals surface area contributed by atoms with Crippen molar-refractivity contribution in [2.24, 2.45) is 0 Å². The van der Waals surface area contributed by atoms with Crippen molar-refractivity contribution in [1.29, 1.82) is 0 Å². The Bertz CT molecular complexity index is 611. The number of H-pyrrole nitrogens is 1. The number of amides is 1. The molecule has 0 saturated carbocycles. The van der Waals surface area contributed by atoms with E-state index in [1.165, 1.54) is 6.33 Å². The number of aromatic amines is 1. The summed E-state index contributed by atoms with van der Waals surface area (Å²) < 4.78 is 5.62. The van der Waals surface area contributed by atoms with Crippen molar-refractivity contribution in [2.45, 2.75) is 6.54 Å². The molecule has 7 heteroatoms. The zero-order chi connectivity index (χ0) is 13.9. The highest BCUT2D eigenvalue weighted by atomic mass is 16.5. The molecule has 0 aliphatic carbocycles. The summed E-state index contributed by atoms with van der Waals surface area (Å²) >= 11 is 0. The fourth-order valence-corrected chi connectivity index (χ4v) is 2.15. The summed E-state index contributed by atoms with van der Waals surface area (Å²) in [5.74, 6) is 1.15. The average Bonchev–Trinajstić information content (AvgIpc) is 2.99. The molecule has 0 bridgehead atoms. The second-order valence-corrected chi connectivity index (χ2v) is 4.55. The number of rotatable bonds is 3. The van der Waals surface area contributed by atoms with Gasteiger partial charge in [-0.2, -0.15) is 5.10 Å². The zero-order valence-electron chi connectivity index (χ0n) is 11.1. The molecule has 20 heavy (non-hydrogen) atoms. The lowest BCUT2D eigenvalue weighted by atomic mass is 10.1. The average molecular weight is 273 g/mol. The molecule has 3 rings (SSSR count). The fourth-order valence-electron chi connectivity index (χ4n) is 2.15. The van der Waals surface area contributed by atoms with Gasteiger partial charge < -0.3 is 15.0 Å². The highest BCUT2D eigenvalue weighted by molar-refractivity contribution is 5.98. The van der Waals surface area contributed by atoms with Crippen LogP contribution in [0.3, 0.4) is 0 Å². The van der Waals surface area contributed by atoms with Crippen LogP contribution in [0.5, 0.6) is 5.75 Å². The summed E-state index contributed by atoms with van der Waals surface area (Å²) in [6, 6.07) is 5.52. The van der Waals surface area contributed by atoms with E-state index in [2.05, 4.69) is 20.5 Å². The van der Waals surface area contributed by atoms with E-state index >= 15 is 0 Å². The van der Waals surface area contributed by atoms with Gasteiger partial charge in [0, 0.05) is 13.6 Å². The first kappa shape index (κ1) is 12.5. The summed E-state index contributed by atoms with van der Waals surface area (Å²) in [6.45, 7) is 1.68. The van der Waals surface area contributed by atoms with E-state index in [4.69, 9.17) is 4.74 Å². The van der Waals surface area contributed by atoms with Crippen LogP contribution in [0, 0.1) is 0 Å². The summed E-state index contributed by atoms with van der Waals surface area (Å²) in [5, 5.41) is 9.73. The third-order valence-electron chi connectivity index (χ3n) is 3.11. The summed E-state index contributed by atoms with van der Waals surface area (Å²) in [6.07, 6.45) is 1.42. The quantitative estimate of drug-likeness (QED) is 0.867. The fraction of sp³-hybridized carbons (Fsp3) is 0.308. The molecule has 1 aromatic heterocycles. The van der Waals surface area contributed by atoms with E-state index < -0.39 is 0 Å². The predicted octanol–water partition coefficient (Wildman–Crippen LogP) is 0.881. The summed E-state index contributed by atoms with van der Waals surface area (Å²) in [4.78, 5) is 18.1. The molecule has 104 valence electrons. The van der Waals surface area contributed by atoms with Crippen LogP contribution in [0.1, 0.15) is 16.2 Å². The van der Waals surface area contributed by atoms with Crippen molar-refractivity contribution in [3.8, 4) is 5.75 Å². The monoisotopic (exact) mass is 273 g/mol. The molecule has 0 fully saturated rings. The molecule has 2 heterocycles. The van der Waals surface area contributed by atoms with Gasteiger partial charge in [0.05, 0.1) is 17.8 Å². The van der Waals surface area contributed by atoms with Gasteiger partial charge in [-0.1, -0.05) is 6.07 Å². The molecule has 7 nitrogen and oxygen atoms in total. The van der Waals surface area contributed by atoms with Gasteiger partial charge in [0.25, 0.3) is 5.91 Å². The van der Waals surface area contributed by atoms with Gasteiger partial charge in [0.15, 0.2) is 5.75 Å². The molecule has 1 aliphatic heterocycles. The topological polar surface area (TPSA) is 83.1 Å². The number of carbonyl (C=O) groups excluding carboxylic acids is 1. The number of benzene rings is 1. The van der Waals surface area contributed by atoms with Crippen LogP contribution < -0.4 is 10.1 Å². The van der Waals surface area contributed by atoms with Gasteiger partial charge >= 0.3 is 0 Å². The van der Waals surface area contributed by atoms with Crippen LogP contribution >= 0.6 is 0 Å². The first-order chi connectivity index (χ1) is 9.75. The zero-order valence-corrected chi connectivity index (χ0v) is 11.1. The van der Waals surface area contributed by atoms with Crippen molar-refractivity contribution < 1.29 is 9.53 Å². The predicted molar refractivity (Wildman–Crippen MR) is 72.6 cm³/mol. The van der Waals surface area contributed by atoms with Crippen molar-refractivity contribution in [3.63, 3.8) is 0 Å². The number of anilines is 1. The number of hydrogen-bond donors (Lipinski definition) is 2. The Labute approximate surface area is 116 Å². The molecule has 0 spiro atoms. The van der Waals surface area contributed by atoms with Crippen molar-refractivity contribution in [2.75, 3.05) is 25.5 Å². The molecule has 2 aromatic rings. The number of aromatic nitrogens is 3. The molecule has 0 atom stereocenters. The Morgan fingerprint density at radius 2 is 2.40 bits per heavy atom. The maximum Gasteiger partial charge on any atom is 0.257 e. The number of nitrogens with zero attached hydrogens (tertiary/aromatic N) is 3. The van der Waals surface area contributed by atoms with Crippen LogP contribution in [0.25, 0.3) is 0 Å². The maximum absolute atomic E-state index is 12.5. The second kappa shape index (κ2) is 5.20. The third kappa shape index (κ3) is 2.29. The van der Waals surface area contributed by atoms with Gasteiger partial charge in [0.2, 0.25) is 0 Å². The van der Waals surface area contributed by atoms with Crippen molar-refractivity contribution in [1.82, 2.24) is 20.1 Å². The Morgan fingerprint density at radius 3 is 3.20 bits per heavy atom. The standard InChI is InChI=1S/C13H15N5O2/c1-18(7-11-15-8-16-17-11)13(19)9-3-2-4-10-12(9)20-6-5-14-10/h2-4,8,14H,5-7H2,1H3,(H,15,16,17). The number of nitrogens with one attached hydrogen (secondary N) is 2. The molecule has 2 N–H and O–H groups in total. The van der Waals surface area contributed by atoms with Crippen LogP contribution in [-0.4, -0.2) is 46.2 Å². The minimum atomic E-state index is -0.109. The third-order valence-corrected chi connectivity index (χ3v) is 3.11. The first-order valence-electron chi connectivity index (χ1n) is 6.35. The van der Waals surface area contributed by atoms with E-state index in [0.29, 0.717) is 30.3 Å². The summed E-state index contributed by atoms with van der Waals surface area (Å²) in [7, 11) is 1.72. The SMILES string of the molecule is CN(Cc1ncn[nH]1)C(=O)c1cccc2c1OCCN2. The normalized spacial score (nSPS) is 13.1. The van der Waals surface area contributed by atoms with Gasteiger partial charge in [-0.15, -0.1) is 0 Å². The maximum atomic E-state index is 12.5. The van der Waals surface area contributed by atoms with Gasteiger partial charge in [-0.05, 0) is 12.1 Å². The van der Waals surface area contributed by atoms with E-state index in [0.717, 1.165) is 12.2 Å². The highest BCUT2D eigenvalue weighted by Gasteiger charge is 2.21. The molecule has 1 amide bonds. The van der Waals surface area contributed by atoms with Gasteiger partial charge in [-0.3, -0.25) is 9.89 Å². The molecule has 1 aromatic carbocycles. The number of ether oxygens (including phenoxy) is 1. The van der Waals surface area contributed by atoms with Crippen LogP contribution in [-0.2, 0) is 6.54 Å². The lowest BCUT2D eigenvalue weighted by Gasteiger charge is -2.23. The van der Waals surface area contributed by atoms with Crippen molar-refractivity contribution in [3.05, 3.63) is 35.9 Å². The lowest BCUT2D eigenvalue weighted by molar-refractivity contribution is 0.0777. The van der Waals surface area contributed by atoms with E-state index in [1.54, 1.807) is 18.0 Å². The minimum Gasteiger partial charge on any atom is -0.489 e.